The van der Waals surface area contributed by atoms with E-state index in [-0.39, 0.29) is 68.2 Å². The molecule has 1 aromatic rings. The monoisotopic (exact) mass is 224 g/mol. The van der Waals surface area contributed by atoms with Gasteiger partial charge in [-0.05, 0) is 17.7 Å². The molecule has 5 nitrogen and oxygen atoms in total. The second-order valence-corrected chi connectivity index (χ2v) is 2.31. The third kappa shape index (κ3) is 4.51. The molecule has 0 saturated carbocycles. The molecule has 0 amide bonds. The third-order valence-corrected chi connectivity index (χ3v) is 1.43. The van der Waals surface area contributed by atoms with E-state index in [4.69, 9.17) is 10.2 Å². The normalized spacial score (nSPS) is 10.6. The van der Waals surface area contributed by atoms with Crippen molar-refractivity contribution < 1.29 is 77.0 Å². The average Bonchev–Trinajstić information content (AvgIpc) is 2.04. The zero-order chi connectivity index (χ0) is 9.14. The Balaban J connectivity index is 0. The van der Waals surface area contributed by atoms with Crippen molar-refractivity contribution in [3.05, 3.63) is 29.8 Å². The van der Waals surface area contributed by atoms with Gasteiger partial charge in [0.2, 0.25) is 0 Å². The predicted molar refractivity (Wildman–Crippen MR) is 41.7 cm³/mol. The molecule has 4 N–H and O–H groups in total. The van der Waals surface area contributed by atoms with E-state index >= 15 is 0 Å². The van der Waals surface area contributed by atoms with Crippen LogP contribution in [0, 0.1) is 0 Å². The maximum atomic E-state index is 10.2. The molecule has 0 fully saturated rings. The minimum atomic E-state index is -1.63. The minimum absolute atomic E-state index is 0. The summed E-state index contributed by atoms with van der Waals surface area (Å²) in [7, 11) is 0. The van der Waals surface area contributed by atoms with Gasteiger partial charge in [-0.1, -0.05) is 12.1 Å². The number of phenolic OH excluding ortho intramolecular Hbond substituents is 1. The predicted octanol–water partition coefficient (Wildman–Crippen LogP) is -4.65. The van der Waals surface area contributed by atoms with Crippen LogP contribution in [0.2, 0.25) is 0 Å². The van der Waals surface area contributed by atoms with Gasteiger partial charge >= 0.3 is 51.4 Å². The first-order valence-electron chi connectivity index (χ1n) is 3.29. The number of hydrogen-bond acceptors (Lipinski definition) is 4. The minimum Gasteiger partial charge on any atom is -0.547 e. The van der Waals surface area contributed by atoms with Crippen molar-refractivity contribution in [1.29, 1.82) is 0 Å². The molecule has 1 atom stereocenters. The van der Waals surface area contributed by atoms with Crippen LogP contribution in [0.3, 0.4) is 0 Å². The van der Waals surface area contributed by atoms with E-state index in [0.29, 0.717) is 0 Å². The van der Waals surface area contributed by atoms with Crippen molar-refractivity contribution in [1.82, 2.24) is 0 Å². The van der Waals surface area contributed by atoms with Gasteiger partial charge in [-0.15, -0.1) is 0 Å². The fourth-order valence-corrected chi connectivity index (χ4v) is 0.793. The number of aromatic hydroxyl groups is 1. The van der Waals surface area contributed by atoms with Crippen molar-refractivity contribution in [2.24, 2.45) is 0 Å². The van der Waals surface area contributed by atoms with E-state index in [2.05, 4.69) is 0 Å². The summed E-state index contributed by atoms with van der Waals surface area (Å²) in [6, 6.07) is 5.22. The molecule has 1 unspecified atom stereocenters. The molecule has 6 heteroatoms. The van der Waals surface area contributed by atoms with Crippen LogP contribution in [0.1, 0.15) is 11.7 Å². The van der Waals surface area contributed by atoms with Gasteiger partial charge in [-0.3, -0.25) is 0 Å². The summed E-state index contributed by atoms with van der Waals surface area (Å²) < 4.78 is 0. The van der Waals surface area contributed by atoms with Gasteiger partial charge in [0.1, 0.15) is 11.9 Å². The van der Waals surface area contributed by atoms with E-state index in [9.17, 15) is 9.90 Å². The molecule has 0 radical (unpaired) electrons. The number of carboxylic acid groups (broad SMARTS) is 1. The Morgan fingerprint density at radius 1 is 1.29 bits per heavy atom. The quantitative estimate of drug-likeness (QED) is 0.492. The molecular formula is C8H9KO5. The van der Waals surface area contributed by atoms with Crippen molar-refractivity contribution in [2.75, 3.05) is 0 Å². The molecule has 0 aliphatic heterocycles. The first-order valence-corrected chi connectivity index (χ1v) is 3.29. The maximum Gasteiger partial charge on any atom is 1.00 e. The van der Waals surface area contributed by atoms with Crippen LogP contribution in [-0.4, -0.2) is 21.7 Å². The zero-order valence-electron chi connectivity index (χ0n) is 7.60. The number of phenols is 1. The third-order valence-electron chi connectivity index (χ3n) is 1.43. The number of rotatable bonds is 2. The summed E-state index contributed by atoms with van der Waals surface area (Å²) in [5, 5.41) is 27.9. The number of aliphatic hydroxyl groups is 1. The molecule has 0 spiro atoms. The molecule has 0 bridgehead atoms. The van der Waals surface area contributed by atoms with Gasteiger partial charge < -0.3 is 25.6 Å². The van der Waals surface area contributed by atoms with Crippen molar-refractivity contribution >= 4 is 5.97 Å². The van der Waals surface area contributed by atoms with E-state index < -0.39 is 12.1 Å². The summed E-state index contributed by atoms with van der Waals surface area (Å²) in [6.07, 6.45) is -1.63. The van der Waals surface area contributed by atoms with Gasteiger partial charge in [0.25, 0.3) is 0 Å². The molecule has 0 saturated heterocycles. The van der Waals surface area contributed by atoms with Crippen LogP contribution in [-0.2, 0) is 4.79 Å². The van der Waals surface area contributed by atoms with Gasteiger partial charge in [-0.25, -0.2) is 0 Å². The Bertz CT molecular complexity index is 284. The summed E-state index contributed by atoms with van der Waals surface area (Å²) in [6.45, 7) is 0. The number of hydrogen-bond donors (Lipinski definition) is 2. The van der Waals surface area contributed by atoms with E-state index in [1.165, 1.54) is 24.3 Å². The largest absolute Gasteiger partial charge is 1.00 e. The van der Waals surface area contributed by atoms with Gasteiger partial charge in [0.15, 0.2) is 0 Å². The number of carboxylic acids is 1. The number of aliphatic hydroxyl groups excluding tert-OH is 1. The zero-order valence-corrected chi connectivity index (χ0v) is 10.7. The maximum absolute atomic E-state index is 10.2. The van der Waals surface area contributed by atoms with Crippen molar-refractivity contribution in [3.8, 4) is 5.75 Å². The van der Waals surface area contributed by atoms with E-state index in [0.717, 1.165) is 0 Å². The summed E-state index contributed by atoms with van der Waals surface area (Å²) in [5.74, 6) is -1.54. The van der Waals surface area contributed by atoms with Crippen molar-refractivity contribution in [2.45, 2.75) is 6.10 Å². The summed E-state index contributed by atoms with van der Waals surface area (Å²) >= 11 is 0. The van der Waals surface area contributed by atoms with Crippen LogP contribution in [0.5, 0.6) is 5.75 Å². The molecule has 0 aliphatic rings. The van der Waals surface area contributed by atoms with Gasteiger partial charge in [0.05, 0.1) is 5.97 Å². The van der Waals surface area contributed by atoms with E-state index in [1.54, 1.807) is 0 Å². The standard InChI is InChI=1S/C8H8O4.K.H2O/c9-6-3-1-5(2-4-6)7(10)8(11)12;;/h1-4,7,9-10H,(H,11,12);;1H2/q;+1;/p-1. The topological polar surface area (TPSA) is 112 Å². The second kappa shape index (κ2) is 7.35. The number of benzene rings is 1. The Morgan fingerprint density at radius 3 is 2.07 bits per heavy atom. The number of carbonyl (C=O) groups excluding carboxylic acids is 1. The SMILES string of the molecule is O.O=C([O-])C(O)c1ccc(O)cc1.[K+]. The summed E-state index contributed by atoms with van der Waals surface area (Å²) in [5.41, 5.74) is 0.188. The van der Waals surface area contributed by atoms with Gasteiger partial charge in [0, 0.05) is 0 Å². The van der Waals surface area contributed by atoms with Crippen LogP contribution in [0.15, 0.2) is 24.3 Å². The van der Waals surface area contributed by atoms with Crippen LogP contribution in [0.4, 0.5) is 0 Å². The Labute approximate surface area is 123 Å². The van der Waals surface area contributed by atoms with E-state index in [1.807, 2.05) is 0 Å². The molecule has 0 heterocycles. The first kappa shape index (κ1) is 16.5. The molecule has 14 heavy (non-hydrogen) atoms. The van der Waals surface area contributed by atoms with Crippen LogP contribution in [0.25, 0.3) is 0 Å². The molecule has 0 aliphatic carbocycles. The average molecular weight is 224 g/mol. The van der Waals surface area contributed by atoms with Crippen LogP contribution < -0.4 is 56.5 Å². The second-order valence-electron chi connectivity index (χ2n) is 2.31. The van der Waals surface area contributed by atoms with Gasteiger partial charge in [-0.2, -0.15) is 0 Å². The van der Waals surface area contributed by atoms with Crippen molar-refractivity contribution in [3.63, 3.8) is 0 Å². The fraction of sp³-hybridized carbons (Fsp3) is 0.125. The number of carbonyl (C=O) groups is 1. The molecule has 1 aromatic carbocycles. The first-order chi connectivity index (χ1) is 5.61. The Kier molecular flexibility index (Phi) is 8.65. The van der Waals surface area contributed by atoms with Crippen LogP contribution >= 0.6 is 0 Å². The molecule has 1 rings (SSSR count). The Hall–Kier alpha value is 0.0464. The fourth-order valence-electron chi connectivity index (χ4n) is 0.793. The molecule has 72 valence electrons. The number of aliphatic carboxylic acids is 1. The Morgan fingerprint density at radius 2 is 1.71 bits per heavy atom. The molecular weight excluding hydrogens is 215 g/mol. The molecule has 0 aromatic heterocycles. The summed E-state index contributed by atoms with van der Waals surface area (Å²) in [4.78, 5) is 10.2. The smallest absolute Gasteiger partial charge is 0.547 e.